The fourth-order valence-corrected chi connectivity index (χ4v) is 4.25. The molecule has 0 fully saturated rings. The Morgan fingerprint density at radius 2 is 1.85 bits per heavy atom. The zero-order chi connectivity index (χ0) is 14.1. The number of anilines is 1. The van der Waals surface area contributed by atoms with Gasteiger partial charge in [-0.1, -0.05) is 0 Å². The summed E-state index contributed by atoms with van der Waals surface area (Å²) in [7, 11) is 0. The van der Waals surface area contributed by atoms with Gasteiger partial charge in [-0.25, -0.2) is 0 Å². The highest BCUT2D eigenvalue weighted by Crippen LogP contribution is 2.40. The Morgan fingerprint density at radius 1 is 1.15 bits per heavy atom. The zero-order valence-electron chi connectivity index (χ0n) is 10.8. The Labute approximate surface area is 138 Å². The van der Waals surface area contributed by atoms with Crippen molar-refractivity contribution in [3.63, 3.8) is 0 Å². The predicted octanol–water partition coefficient (Wildman–Crippen LogP) is 5.22. The molecule has 3 rings (SSSR count). The summed E-state index contributed by atoms with van der Waals surface area (Å²) >= 11 is 8.88. The number of ether oxygens (including phenoxy) is 2. The van der Waals surface area contributed by atoms with Gasteiger partial charge in [-0.15, -0.1) is 11.3 Å². The topological polar surface area (TPSA) is 30.5 Å². The van der Waals surface area contributed by atoms with Crippen LogP contribution in [0.15, 0.2) is 32.5 Å². The second-order valence-corrected chi connectivity index (χ2v) is 7.13. The van der Waals surface area contributed by atoms with Crippen LogP contribution < -0.4 is 14.8 Å². The van der Waals surface area contributed by atoms with E-state index in [4.69, 9.17) is 9.47 Å². The lowest BCUT2D eigenvalue weighted by Crippen LogP contribution is -2.16. The van der Waals surface area contributed by atoms with Crippen molar-refractivity contribution in [1.82, 2.24) is 0 Å². The number of benzene rings is 1. The van der Waals surface area contributed by atoms with Crippen LogP contribution in [0.25, 0.3) is 0 Å². The maximum atomic E-state index is 5.62. The molecule has 3 nitrogen and oxygen atoms in total. The summed E-state index contributed by atoms with van der Waals surface area (Å²) in [6.07, 6.45) is 0. The highest BCUT2D eigenvalue weighted by atomic mass is 79.9. The van der Waals surface area contributed by atoms with Crippen LogP contribution in [0, 0.1) is 0 Å². The van der Waals surface area contributed by atoms with Crippen molar-refractivity contribution in [2.45, 2.75) is 13.0 Å². The predicted molar refractivity (Wildman–Crippen MR) is 89.2 cm³/mol. The molecule has 20 heavy (non-hydrogen) atoms. The van der Waals surface area contributed by atoms with E-state index in [1.807, 2.05) is 12.1 Å². The number of hydrogen-bond donors (Lipinski definition) is 1. The van der Waals surface area contributed by atoms with Gasteiger partial charge in [0.05, 0.1) is 11.7 Å². The van der Waals surface area contributed by atoms with Crippen molar-refractivity contribution < 1.29 is 9.47 Å². The molecule has 1 aliphatic rings. The van der Waals surface area contributed by atoms with Crippen LogP contribution >= 0.6 is 43.2 Å². The van der Waals surface area contributed by atoms with Crippen LogP contribution in [0.3, 0.4) is 0 Å². The van der Waals surface area contributed by atoms with Gasteiger partial charge >= 0.3 is 0 Å². The monoisotopic (exact) mass is 417 g/mol. The number of hydrogen-bond acceptors (Lipinski definition) is 4. The van der Waals surface area contributed by atoms with Gasteiger partial charge in [-0.2, -0.15) is 0 Å². The number of halogens is 2. The van der Waals surface area contributed by atoms with Crippen molar-refractivity contribution in [3.05, 3.63) is 37.4 Å². The molecule has 1 aromatic heterocycles. The average molecular weight is 419 g/mol. The number of fused-ring (bicyclic) bond motifs is 1. The molecule has 0 bridgehead atoms. The van der Waals surface area contributed by atoms with Gasteiger partial charge in [-0.05, 0) is 50.2 Å². The van der Waals surface area contributed by atoms with Crippen LogP contribution in [-0.4, -0.2) is 13.2 Å². The Hall–Kier alpha value is -0.720. The average Bonchev–Trinajstić information content (AvgIpc) is 2.86. The Balaban J connectivity index is 1.85. The van der Waals surface area contributed by atoms with E-state index in [9.17, 15) is 0 Å². The van der Waals surface area contributed by atoms with Gasteiger partial charge in [0, 0.05) is 26.0 Å². The summed E-state index contributed by atoms with van der Waals surface area (Å²) in [5.74, 6) is 1.58. The maximum Gasteiger partial charge on any atom is 0.163 e. The molecule has 0 spiro atoms. The van der Waals surface area contributed by atoms with Gasteiger partial charge in [0.2, 0.25) is 0 Å². The lowest BCUT2D eigenvalue weighted by Gasteiger charge is -2.22. The summed E-state index contributed by atoms with van der Waals surface area (Å²) in [6, 6.07) is 6.21. The van der Waals surface area contributed by atoms with Gasteiger partial charge in [0.15, 0.2) is 11.5 Å². The van der Waals surface area contributed by atoms with E-state index in [-0.39, 0.29) is 6.04 Å². The standard InChI is InChI=1S/C14H13Br2NO2S/c1-8(14-9(15)2-5-20-14)17-11-7-13-12(6-10(11)16)18-3-4-19-13/h2,5-8,17H,3-4H2,1H3. The first-order chi connectivity index (χ1) is 9.65. The highest BCUT2D eigenvalue weighted by molar-refractivity contribution is 9.11. The minimum absolute atomic E-state index is 0.211. The quantitative estimate of drug-likeness (QED) is 0.741. The maximum absolute atomic E-state index is 5.62. The summed E-state index contributed by atoms with van der Waals surface area (Å²) in [5.41, 5.74) is 1.00. The smallest absolute Gasteiger partial charge is 0.163 e. The number of nitrogens with one attached hydrogen (secondary N) is 1. The van der Waals surface area contributed by atoms with E-state index in [0.717, 1.165) is 26.1 Å². The molecule has 1 atom stereocenters. The Morgan fingerprint density at radius 3 is 2.50 bits per heavy atom. The third-order valence-corrected chi connectivity index (χ3v) is 5.75. The van der Waals surface area contributed by atoms with Crippen LogP contribution in [0.1, 0.15) is 17.8 Å². The molecular weight excluding hydrogens is 406 g/mol. The molecule has 0 saturated carbocycles. The van der Waals surface area contributed by atoms with E-state index in [0.29, 0.717) is 13.2 Å². The molecule has 0 saturated heterocycles. The first kappa shape index (κ1) is 14.2. The minimum atomic E-state index is 0.211. The van der Waals surface area contributed by atoms with Crippen LogP contribution in [0.2, 0.25) is 0 Å². The van der Waals surface area contributed by atoms with Gasteiger partial charge < -0.3 is 14.8 Å². The molecular formula is C14H13Br2NO2S. The fraction of sp³-hybridized carbons (Fsp3) is 0.286. The molecule has 6 heteroatoms. The summed E-state index contributed by atoms with van der Waals surface area (Å²) < 4.78 is 13.3. The lowest BCUT2D eigenvalue weighted by molar-refractivity contribution is 0.171. The van der Waals surface area contributed by atoms with E-state index in [2.05, 4.69) is 55.5 Å². The molecule has 1 aromatic carbocycles. The zero-order valence-corrected chi connectivity index (χ0v) is 14.8. The van der Waals surface area contributed by atoms with Gasteiger partial charge in [0.25, 0.3) is 0 Å². The first-order valence-corrected chi connectivity index (χ1v) is 8.70. The largest absolute Gasteiger partial charge is 0.486 e. The van der Waals surface area contributed by atoms with Crippen molar-refractivity contribution in [2.75, 3.05) is 18.5 Å². The lowest BCUT2D eigenvalue weighted by atomic mass is 10.2. The fourth-order valence-electron chi connectivity index (χ4n) is 2.09. The van der Waals surface area contributed by atoms with E-state index in [1.54, 1.807) is 11.3 Å². The SMILES string of the molecule is CC(Nc1cc2c(cc1Br)OCCO2)c1sccc1Br. The van der Waals surface area contributed by atoms with Crippen LogP contribution in [0.5, 0.6) is 11.5 Å². The second kappa shape index (κ2) is 5.95. The third kappa shape index (κ3) is 2.82. The molecule has 1 N–H and O–H groups in total. The van der Waals surface area contributed by atoms with Gasteiger partial charge in [0.1, 0.15) is 13.2 Å². The molecule has 0 aliphatic carbocycles. The van der Waals surface area contributed by atoms with E-state index < -0.39 is 0 Å². The van der Waals surface area contributed by atoms with E-state index in [1.165, 1.54) is 4.88 Å². The van der Waals surface area contributed by atoms with Crippen molar-refractivity contribution in [2.24, 2.45) is 0 Å². The van der Waals surface area contributed by atoms with Gasteiger partial charge in [-0.3, -0.25) is 0 Å². The molecule has 2 heterocycles. The molecule has 1 unspecified atom stereocenters. The summed E-state index contributed by atoms with van der Waals surface area (Å²) in [4.78, 5) is 1.27. The summed E-state index contributed by atoms with van der Waals surface area (Å²) in [5, 5.41) is 5.58. The highest BCUT2D eigenvalue weighted by Gasteiger charge is 2.17. The van der Waals surface area contributed by atoms with Crippen molar-refractivity contribution in [1.29, 1.82) is 0 Å². The van der Waals surface area contributed by atoms with Crippen molar-refractivity contribution >= 4 is 48.9 Å². The second-order valence-electron chi connectivity index (χ2n) is 4.47. The molecule has 0 radical (unpaired) electrons. The minimum Gasteiger partial charge on any atom is -0.486 e. The van der Waals surface area contributed by atoms with E-state index >= 15 is 0 Å². The first-order valence-electron chi connectivity index (χ1n) is 6.23. The molecule has 1 aliphatic heterocycles. The third-order valence-electron chi connectivity index (χ3n) is 3.04. The van der Waals surface area contributed by atoms with Crippen LogP contribution in [-0.2, 0) is 0 Å². The van der Waals surface area contributed by atoms with Crippen LogP contribution in [0.4, 0.5) is 5.69 Å². The number of rotatable bonds is 3. The Bertz CT molecular complexity index is 630. The molecule has 0 amide bonds. The number of thiophene rings is 1. The molecule has 106 valence electrons. The molecule has 2 aromatic rings. The van der Waals surface area contributed by atoms with Crippen molar-refractivity contribution in [3.8, 4) is 11.5 Å². The normalized spacial score (nSPS) is 14.9. The summed E-state index contributed by atoms with van der Waals surface area (Å²) in [6.45, 7) is 3.34. The Kier molecular flexibility index (Phi) is 4.23.